The second-order valence-electron chi connectivity index (χ2n) is 5.42. The second-order valence-corrected chi connectivity index (χ2v) is 7.36. The van der Waals surface area contributed by atoms with E-state index in [0.29, 0.717) is 18.7 Å². The number of rotatable bonds is 5. The van der Waals surface area contributed by atoms with E-state index in [1.165, 1.54) is 16.4 Å². The zero-order valence-electron chi connectivity index (χ0n) is 12.5. The number of hydrogen-bond donors (Lipinski definition) is 1. The Kier molecular flexibility index (Phi) is 5.00. The van der Waals surface area contributed by atoms with E-state index in [0.717, 1.165) is 19.3 Å². The van der Waals surface area contributed by atoms with Crippen molar-refractivity contribution in [2.75, 3.05) is 13.1 Å². The summed E-state index contributed by atoms with van der Waals surface area (Å²) >= 11 is 0. The third kappa shape index (κ3) is 3.63. The average Bonchev–Trinajstić information content (AvgIpc) is 3.02. The summed E-state index contributed by atoms with van der Waals surface area (Å²) in [6.07, 6.45) is 2.68. The van der Waals surface area contributed by atoms with Gasteiger partial charge in [0, 0.05) is 24.7 Å². The molecule has 1 N–H and O–H groups in total. The van der Waals surface area contributed by atoms with Crippen molar-refractivity contribution in [1.82, 2.24) is 9.62 Å². The number of nitrogens with one attached hydrogen (secondary N) is 1. The van der Waals surface area contributed by atoms with E-state index in [1.807, 2.05) is 13.8 Å². The smallest absolute Gasteiger partial charge is 0.251 e. The van der Waals surface area contributed by atoms with Crippen molar-refractivity contribution in [2.45, 2.75) is 44.0 Å². The lowest BCUT2D eigenvalue weighted by Gasteiger charge is -2.16. The fourth-order valence-electron chi connectivity index (χ4n) is 2.27. The number of amides is 1. The third-order valence-electron chi connectivity index (χ3n) is 3.81. The van der Waals surface area contributed by atoms with Gasteiger partial charge in [0.05, 0.1) is 4.90 Å². The van der Waals surface area contributed by atoms with Crippen LogP contribution in [0.5, 0.6) is 0 Å². The van der Waals surface area contributed by atoms with Gasteiger partial charge < -0.3 is 5.32 Å². The standard InChI is InChI=1S/C15H22N2O3S/c1-3-12(2)16-15(18)13-6-8-14(9-7-13)21(19,20)17-10-4-5-11-17/h6-9,12H,3-5,10-11H2,1-2H3,(H,16,18)/t12-/m1/s1. The maximum atomic E-state index is 12.4. The fourth-order valence-corrected chi connectivity index (χ4v) is 3.78. The van der Waals surface area contributed by atoms with Crippen LogP contribution in [0.2, 0.25) is 0 Å². The van der Waals surface area contributed by atoms with E-state index in [9.17, 15) is 13.2 Å². The Bertz CT molecular complexity index is 590. The Labute approximate surface area is 126 Å². The lowest BCUT2D eigenvalue weighted by molar-refractivity contribution is 0.0939. The Morgan fingerprint density at radius 2 is 1.81 bits per heavy atom. The van der Waals surface area contributed by atoms with Gasteiger partial charge in [0.15, 0.2) is 0 Å². The van der Waals surface area contributed by atoms with Crippen molar-refractivity contribution < 1.29 is 13.2 Å². The minimum absolute atomic E-state index is 0.102. The molecular formula is C15H22N2O3S. The summed E-state index contributed by atoms with van der Waals surface area (Å²) in [6, 6.07) is 6.27. The van der Waals surface area contributed by atoms with Crippen LogP contribution in [-0.2, 0) is 10.0 Å². The highest BCUT2D eigenvalue weighted by Crippen LogP contribution is 2.21. The minimum Gasteiger partial charge on any atom is -0.350 e. The summed E-state index contributed by atoms with van der Waals surface area (Å²) < 4.78 is 26.2. The summed E-state index contributed by atoms with van der Waals surface area (Å²) in [5.74, 6) is -0.172. The predicted octanol–water partition coefficient (Wildman–Crippen LogP) is 2.00. The third-order valence-corrected chi connectivity index (χ3v) is 5.72. The molecule has 6 heteroatoms. The highest BCUT2D eigenvalue weighted by atomic mass is 32.2. The topological polar surface area (TPSA) is 66.5 Å². The first-order chi connectivity index (χ1) is 9.95. The van der Waals surface area contributed by atoms with Gasteiger partial charge in [-0.05, 0) is 50.5 Å². The summed E-state index contributed by atoms with van der Waals surface area (Å²) in [7, 11) is -3.41. The first-order valence-corrected chi connectivity index (χ1v) is 8.80. The van der Waals surface area contributed by atoms with Gasteiger partial charge in [-0.1, -0.05) is 6.92 Å². The van der Waals surface area contributed by atoms with Crippen LogP contribution in [0.15, 0.2) is 29.2 Å². The highest BCUT2D eigenvalue weighted by molar-refractivity contribution is 7.89. The molecule has 1 aliphatic heterocycles. The number of benzene rings is 1. The van der Waals surface area contributed by atoms with Crippen LogP contribution in [0.25, 0.3) is 0 Å². The Hall–Kier alpha value is -1.40. The van der Waals surface area contributed by atoms with Crippen molar-refractivity contribution in [3.63, 3.8) is 0 Å². The molecule has 1 aliphatic rings. The zero-order valence-corrected chi connectivity index (χ0v) is 13.3. The molecule has 0 aromatic heterocycles. The van der Waals surface area contributed by atoms with Gasteiger partial charge in [-0.3, -0.25) is 4.79 Å². The lowest BCUT2D eigenvalue weighted by atomic mass is 10.2. The second kappa shape index (κ2) is 6.58. The number of carbonyl (C=O) groups excluding carboxylic acids is 1. The first kappa shape index (κ1) is 16.0. The molecule has 1 amide bonds. The molecule has 1 fully saturated rings. The van der Waals surface area contributed by atoms with Crippen LogP contribution >= 0.6 is 0 Å². The van der Waals surface area contributed by atoms with E-state index < -0.39 is 10.0 Å². The fraction of sp³-hybridized carbons (Fsp3) is 0.533. The lowest BCUT2D eigenvalue weighted by Crippen LogP contribution is -2.32. The molecule has 0 saturated carbocycles. The monoisotopic (exact) mass is 310 g/mol. The molecular weight excluding hydrogens is 288 g/mol. The van der Waals surface area contributed by atoms with Crippen molar-refractivity contribution in [1.29, 1.82) is 0 Å². The van der Waals surface area contributed by atoms with Crippen LogP contribution in [0.1, 0.15) is 43.5 Å². The quantitative estimate of drug-likeness (QED) is 0.904. The Morgan fingerprint density at radius 3 is 2.33 bits per heavy atom. The number of sulfonamides is 1. The van der Waals surface area contributed by atoms with Crippen LogP contribution in [0.3, 0.4) is 0 Å². The molecule has 1 saturated heterocycles. The summed E-state index contributed by atoms with van der Waals surface area (Å²) in [4.78, 5) is 12.2. The van der Waals surface area contributed by atoms with Gasteiger partial charge in [0.25, 0.3) is 5.91 Å². The van der Waals surface area contributed by atoms with E-state index in [4.69, 9.17) is 0 Å². The predicted molar refractivity (Wildman–Crippen MR) is 81.7 cm³/mol. The van der Waals surface area contributed by atoms with Gasteiger partial charge in [-0.25, -0.2) is 8.42 Å². The number of hydrogen-bond acceptors (Lipinski definition) is 3. The molecule has 21 heavy (non-hydrogen) atoms. The molecule has 1 heterocycles. The van der Waals surface area contributed by atoms with Crippen molar-refractivity contribution in [2.24, 2.45) is 0 Å². The van der Waals surface area contributed by atoms with Crippen molar-refractivity contribution in [3.05, 3.63) is 29.8 Å². The van der Waals surface area contributed by atoms with E-state index in [-0.39, 0.29) is 16.8 Å². The van der Waals surface area contributed by atoms with Gasteiger partial charge >= 0.3 is 0 Å². The van der Waals surface area contributed by atoms with Crippen LogP contribution in [0.4, 0.5) is 0 Å². The molecule has 1 atom stereocenters. The van der Waals surface area contributed by atoms with Crippen molar-refractivity contribution >= 4 is 15.9 Å². The van der Waals surface area contributed by atoms with Crippen molar-refractivity contribution in [3.8, 4) is 0 Å². The number of carbonyl (C=O) groups is 1. The molecule has 1 aromatic rings. The van der Waals surface area contributed by atoms with Gasteiger partial charge in [-0.15, -0.1) is 0 Å². The van der Waals surface area contributed by atoms with Gasteiger partial charge in [0.2, 0.25) is 10.0 Å². The van der Waals surface area contributed by atoms with E-state index in [2.05, 4.69) is 5.32 Å². The van der Waals surface area contributed by atoms with E-state index in [1.54, 1.807) is 12.1 Å². The molecule has 0 bridgehead atoms. The summed E-state index contributed by atoms with van der Waals surface area (Å²) in [5, 5.41) is 2.86. The van der Waals surface area contributed by atoms with Crippen LogP contribution < -0.4 is 5.32 Å². The first-order valence-electron chi connectivity index (χ1n) is 7.36. The minimum atomic E-state index is -3.41. The Balaban J connectivity index is 2.13. The maximum Gasteiger partial charge on any atom is 0.251 e. The normalized spacial score (nSPS) is 17.6. The maximum absolute atomic E-state index is 12.4. The summed E-state index contributed by atoms with van der Waals surface area (Å²) in [6.45, 7) is 5.10. The molecule has 116 valence electrons. The molecule has 5 nitrogen and oxygen atoms in total. The molecule has 1 aromatic carbocycles. The highest BCUT2D eigenvalue weighted by Gasteiger charge is 2.27. The van der Waals surface area contributed by atoms with Gasteiger partial charge in [-0.2, -0.15) is 4.31 Å². The largest absolute Gasteiger partial charge is 0.350 e. The van der Waals surface area contributed by atoms with Gasteiger partial charge in [0.1, 0.15) is 0 Å². The Morgan fingerprint density at radius 1 is 1.24 bits per heavy atom. The molecule has 0 unspecified atom stereocenters. The molecule has 0 radical (unpaired) electrons. The van der Waals surface area contributed by atoms with Crippen LogP contribution in [0, 0.1) is 0 Å². The summed E-state index contributed by atoms with van der Waals surface area (Å²) in [5.41, 5.74) is 0.482. The molecule has 2 rings (SSSR count). The average molecular weight is 310 g/mol. The van der Waals surface area contributed by atoms with E-state index >= 15 is 0 Å². The molecule has 0 aliphatic carbocycles. The number of nitrogens with zero attached hydrogens (tertiary/aromatic N) is 1. The van der Waals surface area contributed by atoms with Crippen LogP contribution in [-0.4, -0.2) is 37.8 Å². The SMILES string of the molecule is CC[C@@H](C)NC(=O)c1ccc(S(=O)(=O)N2CCCC2)cc1. The molecule has 0 spiro atoms. The zero-order chi connectivity index (χ0) is 15.5.